The average molecular weight is 409 g/mol. The number of morpholine rings is 1. The topological polar surface area (TPSA) is 75.9 Å². The van der Waals surface area contributed by atoms with Crippen LogP contribution in [0, 0.1) is 5.82 Å². The summed E-state index contributed by atoms with van der Waals surface area (Å²) in [6, 6.07) is 6.73. The maximum absolute atomic E-state index is 13.8. The highest BCUT2D eigenvalue weighted by Crippen LogP contribution is 2.37. The predicted molar refractivity (Wildman–Crippen MR) is 107 cm³/mol. The fourth-order valence-corrected chi connectivity index (χ4v) is 4.18. The van der Waals surface area contributed by atoms with Gasteiger partial charge in [-0.3, -0.25) is 19.5 Å². The van der Waals surface area contributed by atoms with Crippen LogP contribution < -0.4 is 5.43 Å². The zero-order chi connectivity index (χ0) is 20.7. The molecule has 4 heterocycles. The van der Waals surface area contributed by atoms with Gasteiger partial charge in [0.2, 0.25) is 5.76 Å². The van der Waals surface area contributed by atoms with Crippen molar-refractivity contribution in [3.8, 4) is 0 Å². The smallest absolute Gasteiger partial charge is 0.290 e. The van der Waals surface area contributed by atoms with Crippen LogP contribution >= 0.6 is 0 Å². The van der Waals surface area contributed by atoms with E-state index in [1.54, 1.807) is 23.4 Å². The van der Waals surface area contributed by atoms with Crippen LogP contribution in [0.3, 0.4) is 0 Å². The lowest BCUT2D eigenvalue weighted by Gasteiger charge is -2.30. The Bertz CT molecular complexity index is 1160. The number of fused-ring (bicyclic) bond motifs is 2. The molecule has 7 nitrogen and oxygen atoms in total. The van der Waals surface area contributed by atoms with E-state index in [1.165, 1.54) is 12.1 Å². The van der Waals surface area contributed by atoms with Gasteiger partial charge in [-0.25, -0.2) is 4.39 Å². The number of ether oxygens (including phenoxy) is 1. The number of hydrogen-bond donors (Lipinski definition) is 0. The molecule has 1 fully saturated rings. The summed E-state index contributed by atoms with van der Waals surface area (Å²) in [5.41, 5.74) is 0.776. The highest BCUT2D eigenvalue weighted by atomic mass is 19.1. The third-order valence-corrected chi connectivity index (χ3v) is 5.69. The summed E-state index contributed by atoms with van der Waals surface area (Å²) in [6.07, 6.45) is 3.28. The quantitative estimate of drug-likeness (QED) is 0.658. The normalized spacial score (nSPS) is 19.4. The van der Waals surface area contributed by atoms with Crippen LogP contribution in [0.1, 0.15) is 27.7 Å². The van der Waals surface area contributed by atoms with Gasteiger partial charge in [-0.1, -0.05) is 6.07 Å². The molecule has 0 spiro atoms. The van der Waals surface area contributed by atoms with E-state index in [0.717, 1.165) is 24.7 Å². The summed E-state index contributed by atoms with van der Waals surface area (Å²) < 4.78 is 25.0. The number of halogens is 1. The van der Waals surface area contributed by atoms with Crippen LogP contribution in [0.15, 0.2) is 51.9 Å². The van der Waals surface area contributed by atoms with E-state index in [-0.39, 0.29) is 33.6 Å². The largest absolute Gasteiger partial charge is 0.450 e. The van der Waals surface area contributed by atoms with E-state index in [0.29, 0.717) is 26.3 Å². The van der Waals surface area contributed by atoms with Crippen molar-refractivity contribution in [2.75, 3.05) is 39.4 Å². The van der Waals surface area contributed by atoms with Crippen LogP contribution in [0.5, 0.6) is 0 Å². The molecule has 0 saturated carbocycles. The van der Waals surface area contributed by atoms with Crippen LogP contribution in [-0.4, -0.2) is 60.1 Å². The van der Waals surface area contributed by atoms with Crippen molar-refractivity contribution < 1.29 is 18.3 Å². The monoisotopic (exact) mass is 409 g/mol. The maximum Gasteiger partial charge on any atom is 0.290 e. The summed E-state index contributed by atoms with van der Waals surface area (Å²) in [7, 11) is 0. The van der Waals surface area contributed by atoms with Crippen LogP contribution in [0.25, 0.3) is 11.0 Å². The van der Waals surface area contributed by atoms with Gasteiger partial charge in [0.05, 0.1) is 30.2 Å². The molecule has 0 aliphatic carbocycles. The molecule has 0 unspecified atom stereocenters. The Morgan fingerprint density at radius 1 is 1.13 bits per heavy atom. The Morgan fingerprint density at radius 3 is 2.73 bits per heavy atom. The highest BCUT2D eigenvalue weighted by Gasteiger charge is 2.42. The molecule has 0 N–H and O–H groups in total. The summed E-state index contributed by atoms with van der Waals surface area (Å²) in [5, 5.41) is 0.130. The fourth-order valence-electron chi connectivity index (χ4n) is 4.18. The number of pyridine rings is 1. The lowest BCUT2D eigenvalue weighted by molar-refractivity contribution is 0.0314. The van der Waals surface area contributed by atoms with E-state index in [4.69, 9.17) is 9.15 Å². The second kappa shape index (κ2) is 7.62. The van der Waals surface area contributed by atoms with E-state index >= 15 is 0 Å². The summed E-state index contributed by atoms with van der Waals surface area (Å²) in [6.45, 7) is 4.00. The molecule has 1 aromatic carbocycles. The molecule has 2 aromatic heterocycles. The Labute approximate surface area is 171 Å². The molecule has 3 aromatic rings. The Morgan fingerprint density at radius 2 is 1.97 bits per heavy atom. The van der Waals surface area contributed by atoms with Gasteiger partial charge in [0, 0.05) is 38.6 Å². The number of amides is 1. The molecular formula is C22H20FN3O4. The number of benzene rings is 1. The van der Waals surface area contributed by atoms with Crippen LogP contribution in [-0.2, 0) is 4.74 Å². The molecule has 2 aliphatic heterocycles. The van der Waals surface area contributed by atoms with Crippen molar-refractivity contribution in [1.29, 1.82) is 0 Å². The minimum Gasteiger partial charge on any atom is -0.450 e. The van der Waals surface area contributed by atoms with Gasteiger partial charge in [0.1, 0.15) is 11.4 Å². The Hall–Kier alpha value is -3.10. The molecular weight excluding hydrogens is 389 g/mol. The first kappa shape index (κ1) is 18.9. The molecule has 8 heteroatoms. The maximum atomic E-state index is 13.8. The number of rotatable bonds is 4. The van der Waals surface area contributed by atoms with Crippen molar-refractivity contribution in [1.82, 2.24) is 14.8 Å². The van der Waals surface area contributed by atoms with Gasteiger partial charge in [0.25, 0.3) is 5.91 Å². The number of aromatic nitrogens is 1. The second-order valence-corrected chi connectivity index (χ2v) is 7.46. The third-order valence-electron chi connectivity index (χ3n) is 5.69. The van der Waals surface area contributed by atoms with Crippen molar-refractivity contribution in [3.63, 3.8) is 0 Å². The minimum atomic E-state index is -0.619. The van der Waals surface area contributed by atoms with Crippen molar-refractivity contribution >= 4 is 16.9 Å². The molecule has 1 atom stereocenters. The summed E-state index contributed by atoms with van der Waals surface area (Å²) >= 11 is 0. The highest BCUT2D eigenvalue weighted by molar-refractivity contribution is 5.99. The first-order chi connectivity index (χ1) is 14.6. The fraction of sp³-hybridized carbons (Fsp3) is 0.318. The van der Waals surface area contributed by atoms with Gasteiger partial charge in [-0.15, -0.1) is 0 Å². The van der Waals surface area contributed by atoms with Crippen molar-refractivity contribution in [2.45, 2.75) is 6.04 Å². The summed E-state index contributed by atoms with van der Waals surface area (Å²) in [4.78, 5) is 34.6. The number of carbonyl (C=O) groups excluding carboxylic acids is 1. The molecule has 5 rings (SSSR count). The molecule has 30 heavy (non-hydrogen) atoms. The lowest BCUT2D eigenvalue weighted by atomic mass is 10.00. The van der Waals surface area contributed by atoms with Gasteiger partial charge in [0.15, 0.2) is 5.43 Å². The first-order valence-corrected chi connectivity index (χ1v) is 9.91. The van der Waals surface area contributed by atoms with Gasteiger partial charge in [-0.05, 0) is 29.8 Å². The zero-order valence-corrected chi connectivity index (χ0v) is 16.2. The molecule has 1 amide bonds. The molecule has 1 saturated heterocycles. The Kier molecular flexibility index (Phi) is 4.80. The van der Waals surface area contributed by atoms with Crippen LogP contribution in [0.4, 0.5) is 4.39 Å². The minimum absolute atomic E-state index is 0.0231. The van der Waals surface area contributed by atoms with Gasteiger partial charge in [-0.2, -0.15) is 0 Å². The first-order valence-electron chi connectivity index (χ1n) is 9.91. The summed E-state index contributed by atoms with van der Waals surface area (Å²) in [5.74, 6) is -0.841. The van der Waals surface area contributed by atoms with Crippen molar-refractivity contribution in [3.05, 3.63) is 75.7 Å². The molecule has 0 bridgehead atoms. The van der Waals surface area contributed by atoms with E-state index in [2.05, 4.69) is 9.88 Å². The number of carbonyl (C=O) groups is 1. The lowest BCUT2D eigenvalue weighted by Crippen LogP contribution is -2.42. The van der Waals surface area contributed by atoms with Gasteiger partial charge >= 0.3 is 0 Å². The van der Waals surface area contributed by atoms with Crippen molar-refractivity contribution in [2.24, 2.45) is 0 Å². The van der Waals surface area contributed by atoms with Gasteiger partial charge < -0.3 is 14.1 Å². The Balaban J connectivity index is 1.60. The molecule has 2 aliphatic rings. The standard InChI is InChI=1S/C22H20FN3O4/c23-15-3-4-17-16(12-15)20(27)18-19(14-2-1-5-24-13-14)26(22(28)21(18)30-17)7-6-25-8-10-29-11-9-25/h1-5,12-13,19H,6-11H2/t19-/m1/s1. The second-order valence-electron chi connectivity index (χ2n) is 7.46. The predicted octanol–water partition coefficient (Wildman–Crippen LogP) is 2.20. The number of hydrogen-bond acceptors (Lipinski definition) is 6. The SMILES string of the molecule is O=C1c2oc3ccc(F)cc3c(=O)c2[C@@H](c2cccnc2)N1CCN1CCOCC1. The van der Waals surface area contributed by atoms with E-state index in [9.17, 15) is 14.0 Å². The third kappa shape index (κ3) is 3.18. The molecule has 0 radical (unpaired) electrons. The van der Waals surface area contributed by atoms with E-state index < -0.39 is 11.9 Å². The zero-order valence-electron chi connectivity index (χ0n) is 16.2. The number of nitrogens with zero attached hydrogens (tertiary/aromatic N) is 3. The van der Waals surface area contributed by atoms with E-state index in [1.807, 2.05) is 6.07 Å². The average Bonchev–Trinajstić information content (AvgIpc) is 3.06. The molecule has 154 valence electrons. The van der Waals surface area contributed by atoms with Crippen LogP contribution in [0.2, 0.25) is 0 Å².